The van der Waals surface area contributed by atoms with E-state index in [1.165, 1.54) is 49.4 Å². The standard InChI is InChI=1S/C16H24N2S/c1-13-16(7-10-19-13)17-15-6-4-5-14(11-15)12-18-8-2-3-9-18/h4-6,11,13,16-17H,2-3,7-10,12H2,1H3. The van der Waals surface area contributed by atoms with Crippen molar-refractivity contribution in [1.82, 2.24) is 4.90 Å². The fourth-order valence-corrected chi connectivity index (χ4v) is 4.29. The Balaban J connectivity index is 1.62. The van der Waals surface area contributed by atoms with Crippen LogP contribution in [0.4, 0.5) is 5.69 Å². The van der Waals surface area contributed by atoms with Crippen molar-refractivity contribution in [3.8, 4) is 0 Å². The Morgan fingerprint density at radius 3 is 2.89 bits per heavy atom. The Bertz CT molecular complexity index is 415. The van der Waals surface area contributed by atoms with Crippen molar-refractivity contribution >= 4 is 17.4 Å². The second kappa shape index (κ2) is 6.19. The Morgan fingerprint density at radius 1 is 1.32 bits per heavy atom. The number of hydrogen-bond donors (Lipinski definition) is 1. The molecule has 0 aromatic heterocycles. The van der Waals surface area contributed by atoms with E-state index in [1.54, 1.807) is 0 Å². The van der Waals surface area contributed by atoms with Gasteiger partial charge in [-0.15, -0.1) is 0 Å². The van der Waals surface area contributed by atoms with E-state index in [-0.39, 0.29) is 0 Å². The van der Waals surface area contributed by atoms with Crippen LogP contribution in [0.25, 0.3) is 0 Å². The van der Waals surface area contributed by atoms with Crippen LogP contribution >= 0.6 is 11.8 Å². The topological polar surface area (TPSA) is 15.3 Å². The van der Waals surface area contributed by atoms with Crippen LogP contribution in [0.2, 0.25) is 0 Å². The van der Waals surface area contributed by atoms with Gasteiger partial charge in [0.05, 0.1) is 0 Å². The predicted molar refractivity (Wildman–Crippen MR) is 84.9 cm³/mol. The van der Waals surface area contributed by atoms with Gasteiger partial charge >= 0.3 is 0 Å². The summed E-state index contributed by atoms with van der Waals surface area (Å²) in [5.74, 6) is 1.30. The molecule has 2 heterocycles. The quantitative estimate of drug-likeness (QED) is 0.905. The summed E-state index contributed by atoms with van der Waals surface area (Å²) >= 11 is 2.08. The maximum atomic E-state index is 3.72. The third kappa shape index (κ3) is 3.46. The van der Waals surface area contributed by atoms with Crippen molar-refractivity contribution < 1.29 is 0 Å². The number of rotatable bonds is 4. The highest BCUT2D eigenvalue weighted by Crippen LogP contribution is 2.29. The summed E-state index contributed by atoms with van der Waals surface area (Å²) in [7, 11) is 0. The Labute approximate surface area is 121 Å². The number of hydrogen-bond acceptors (Lipinski definition) is 3. The van der Waals surface area contributed by atoms with Gasteiger partial charge in [-0.25, -0.2) is 0 Å². The molecule has 2 nitrogen and oxygen atoms in total. The molecule has 104 valence electrons. The first-order valence-corrected chi connectivity index (χ1v) is 8.55. The van der Waals surface area contributed by atoms with E-state index in [0.29, 0.717) is 6.04 Å². The van der Waals surface area contributed by atoms with Crippen LogP contribution in [-0.4, -0.2) is 35.0 Å². The Kier molecular flexibility index (Phi) is 4.34. The third-order valence-electron chi connectivity index (χ3n) is 4.26. The molecular formula is C16H24N2S. The number of nitrogens with one attached hydrogen (secondary N) is 1. The lowest BCUT2D eigenvalue weighted by atomic mass is 10.1. The lowest BCUT2D eigenvalue weighted by Crippen LogP contribution is -2.24. The van der Waals surface area contributed by atoms with Gasteiger partial charge in [-0.1, -0.05) is 19.1 Å². The predicted octanol–water partition coefficient (Wildman–Crippen LogP) is 3.59. The molecule has 3 heteroatoms. The second-order valence-electron chi connectivity index (χ2n) is 5.80. The van der Waals surface area contributed by atoms with E-state index in [1.807, 2.05) is 0 Å². The zero-order valence-corrected chi connectivity index (χ0v) is 12.6. The number of anilines is 1. The molecule has 0 aliphatic carbocycles. The third-order valence-corrected chi connectivity index (χ3v) is 5.59. The van der Waals surface area contributed by atoms with Crippen molar-refractivity contribution in [2.24, 2.45) is 0 Å². The molecular weight excluding hydrogens is 252 g/mol. The van der Waals surface area contributed by atoms with E-state index < -0.39 is 0 Å². The first kappa shape index (κ1) is 13.3. The zero-order chi connectivity index (χ0) is 13.1. The molecule has 2 aliphatic rings. The highest BCUT2D eigenvalue weighted by molar-refractivity contribution is 8.00. The minimum atomic E-state index is 0.645. The molecule has 1 aromatic carbocycles. The Morgan fingerprint density at radius 2 is 2.16 bits per heavy atom. The molecule has 0 radical (unpaired) electrons. The summed E-state index contributed by atoms with van der Waals surface area (Å²) in [6.45, 7) is 6.00. The first-order valence-electron chi connectivity index (χ1n) is 7.51. The van der Waals surface area contributed by atoms with Crippen LogP contribution in [0.5, 0.6) is 0 Å². The maximum Gasteiger partial charge on any atom is 0.0385 e. The largest absolute Gasteiger partial charge is 0.381 e. The summed E-state index contributed by atoms with van der Waals surface area (Å²) in [6.07, 6.45) is 4.03. The maximum absolute atomic E-state index is 3.72. The van der Waals surface area contributed by atoms with E-state index in [0.717, 1.165) is 11.8 Å². The van der Waals surface area contributed by atoms with E-state index >= 15 is 0 Å². The summed E-state index contributed by atoms with van der Waals surface area (Å²) in [5.41, 5.74) is 2.75. The van der Waals surface area contributed by atoms with E-state index in [4.69, 9.17) is 0 Å². The summed E-state index contributed by atoms with van der Waals surface area (Å²) in [5, 5.41) is 4.45. The van der Waals surface area contributed by atoms with Crippen LogP contribution in [-0.2, 0) is 6.54 Å². The van der Waals surface area contributed by atoms with Gasteiger partial charge in [-0.2, -0.15) is 11.8 Å². The average molecular weight is 276 g/mol. The van der Waals surface area contributed by atoms with E-state index in [2.05, 4.69) is 53.2 Å². The average Bonchev–Trinajstić information content (AvgIpc) is 3.03. The molecule has 1 aromatic rings. The van der Waals surface area contributed by atoms with Gasteiger partial charge in [-0.3, -0.25) is 4.90 Å². The highest BCUT2D eigenvalue weighted by atomic mass is 32.2. The molecule has 2 fully saturated rings. The zero-order valence-electron chi connectivity index (χ0n) is 11.8. The number of nitrogens with zero attached hydrogens (tertiary/aromatic N) is 1. The molecule has 2 aliphatic heterocycles. The number of benzene rings is 1. The number of thioether (sulfide) groups is 1. The van der Waals surface area contributed by atoms with Crippen LogP contribution in [0.3, 0.4) is 0 Å². The van der Waals surface area contributed by atoms with Gasteiger partial charge < -0.3 is 5.32 Å². The second-order valence-corrected chi connectivity index (χ2v) is 7.28. The number of likely N-dealkylation sites (tertiary alicyclic amines) is 1. The van der Waals surface area contributed by atoms with Gasteiger partial charge in [0, 0.05) is 23.5 Å². The summed E-state index contributed by atoms with van der Waals surface area (Å²) < 4.78 is 0. The van der Waals surface area contributed by atoms with Gasteiger partial charge in [0.15, 0.2) is 0 Å². The molecule has 2 atom stereocenters. The van der Waals surface area contributed by atoms with Gasteiger partial charge in [-0.05, 0) is 55.8 Å². The molecule has 19 heavy (non-hydrogen) atoms. The van der Waals surface area contributed by atoms with Gasteiger partial charge in [0.1, 0.15) is 0 Å². The van der Waals surface area contributed by atoms with Crippen molar-refractivity contribution in [1.29, 1.82) is 0 Å². The Hall–Kier alpha value is -0.670. The van der Waals surface area contributed by atoms with E-state index in [9.17, 15) is 0 Å². The highest BCUT2D eigenvalue weighted by Gasteiger charge is 2.23. The normalized spacial score (nSPS) is 27.8. The van der Waals surface area contributed by atoms with Crippen molar-refractivity contribution in [3.05, 3.63) is 29.8 Å². The van der Waals surface area contributed by atoms with Gasteiger partial charge in [0.2, 0.25) is 0 Å². The monoisotopic (exact) mass is 276 g/mol. The molecule has 0 amide bonds. The fourth-order valence-electron chi connectivity index (χ4n) is 3.09. The summed E-state index contributed by atoms with van der Waals surface area (Å²) in [4.78, 5) is 2.56. The lowest BCUT2D eigenvalue weighted by Gasteiger charge is -2.19. The minimum absolute atomic E-state index is 0.645. The molecule has 1 N–H and O–H groups in total. The SMILES string of the molecule is CC1SCCC1Nc1cccc(CN2CCCC2)c1. The first-order chi connectivity index (χ1) is 9.31. The molecule has 3 rings (SSSR count). The smallest absolute Gasteiger partial charge is 0.0385 e. The molecule has 0 spiro atoms. The molecule has 2 unspecified atom stereocenters. The van der Waals surface area contributed by atoms with Crippen molar-refractivity contribution in [3.63, 3.8) is 0 Å². The molecule has 0 saturated carbocycles. The van der Waals surface area contributed by atoms with Crippen molar-refractivity contribution in [2.75, 3.05) is 24.2 Å². The van der Waals surface area contributed by atoms with Crippen LogP contribution in [0.1, 0.15) is 31.7 Å². The van der Waals surface area contributed by atoms with Crippen LogP contribution < -0.4 is 5.32 Å². The van der Waals surface area contributed by atoms with Crippen LogP contribution in [0.15, 0.2) is 24.3 Å². The van der Waals surface area contributed by atoms with Crippen molar-refractivity contribution in [2.45, 2.75) is 44.0 Å². The minimum Gasteiger partial charge on any atom is -0.381 e. The summed E-state index contributed by atoms with van der Waals surface area (Å²) in [6, 6.07) is 9.65. The van der Waals surface area contributed by atoms with Crippen LogP contribution in [0, 0.1) is 0 Å². The molecule has 2 saturated heterocycles. The fraction of sp³-hybridized carbons (Fsp3) is 0.625. The van der Waals surface area contributed by atoms with Gasteiger partial charge in [0.25, 0.3) is 0 Å². The lowest BCUT2D eigenvalue weighted by molar-refractivity contribution is 0.331. The molecule has 0 bridgehead atoms.